The van der Waals surface area contributed by atoms with Gasteiger partial charge < -0.3 is 19.3 Å². The van der Waals surface area contributed by atoms with Crippen LogP contribution in [-0.2, 0) is 11.3 Å². The second kappa shape index (κ2) is 8.35. The summed E-state index contributed by atoms with van der Waals surface area (Å²) in [6.45, 7) is 6.01. The number of rotatable bonds is 7. The highest BCUT2D eigenvalue weighted by Gasteiger charge is 2.17. The zero-order valence-electron chi connectivity index (χ0n) is 16.0. The normalized spacial score (nSPS) is 16.5. The quantitative estimate of drug-likeness (QED) is 0.665. The van der Waals surface area contributed by atoms with Crippen LogP contribution in [0, 0.1) is 0 Å². The van der Waals surface area contributed by atoms with Crippen LogP contribution in [0.15, 0.2) is 41.2 Å². The van der Waals surface area contributed by atoms with Crippen LogP contribution in [0.1, 0.15) is 37.6 Å². The number of nitrogens with one attached hydrogen (secondary N) is 1. The van der Waals surface area contributed by atoms with Crippen LogP contribution in [0.2, 0.25) is 0 Å². The van der Waals surface area contributed by atoms with Gasteiger partial charge in [0.2, 0.25) is 5.88 Å². The van der Waals surface area contributed by atoms with E-state index in [-0.39, 0.29) is 12.0 Å². The van der Waals surface area contributed by atoms with Crippen LogP contribution >= 0.6 is 0 Å². The van der Waals surface area contributed by atoms with Crippen molar-refractivity contribution in [1.29, 1.82) is 0 Å². The summed E-state index contributed by atoms with van der Waals surface area (Å²) in [7, 11) is 0. The van der Waals surface area contributed by atoms with E-state index in [1.54, 1.807) is 12.4 Å². The zero-order chi connectivity index (χ0) is 19.3. The fourth-order valence-corrected chi connectivity index (χ4v) is 2.84. The Morgan fingerprint density at radius 2 is 2.11 bits per heavy atom. The lowest BCUT2D eigenvalue weighted by Gasteiger charge is -2.12. The third kappa shape index (κ3) is 4.45. The maximum atomic E-state index is 5.86. The molecule has 0 radical (unpaired) electrons. The molecular formula is C20H23N5O3. The maximum Gasteiger partial charge on any atom is 0.258 e. The van der Waals surface area contributed by atoms with E-state index in [2.05, 4.69) is 25.4 Å². The third-order valence-electron chi connectivity index (χ3n) is 4.41. The van der Waals surface area contributed by atoms with Crippen molar-refractivity contribution in [3.8, 4) is 17.3 Å². The molecule has 3 aromatic heterocycles. The van der Waals surface area contributed by atoms with Gasteiger partial charge in [-0.05, 0) is 23.8 Å². The molecule has 0 amide bonds. The number of ether oxygens (including phenoxy) is 2. The van der Waals surface area contributed by atoms with Crippen molar-refractivity contribution >= 4 is 5.82 Å². The highest BCUT2D eigenvalue weighted by atomic mass is 16.5. The Labute approximate surface area is 163 Å². The summed E-state index contributed by atoms with van der Waals surface area (Å²) in [4.78, 5) is 13.1. The van der Waals surface area contributed by atoms with Gasteiger partial charge in [0.05, 0.1) is 13.2 Å². The van der Waals surface area contributed by atoms with Crippen molar-refractivity contribution in [2.24, 2.45) is 0 Å². The second-order valence-electron chi connectivity index (χ2n) is 7.00. The van der Waals surface area contributed by atoms with E-state index in [0.717, 1.165) is 30.0 Å². The molecule has 0 spiro atoms. The van der Waals surface area contributed by atoms with Crippen molar-refractivity contribution in [2.45, 2.75) is 38.8 Å². The predicted molar refractivity (Wildman–Crippen MR) is 103 cm³/mol. The molecule has 1 atom stereocenters. The first-order valence-electron chi connectivity index (χ1n) is 9.40. The van der Waals surface area contributed by atoms with E-state index in [0.29, 0.717) is 30.7 Å². The number of pyridine rings is 2. The van der Waals surface area contributed by atoms with Crippen LogP contribution in [0.4, 0.5) is 5.82 Å². The van der Waals surface area contributed by atoms with Gasteiger partial charge in [0.25, 0.3) is 5.89 Å². The summed E-state index contributed by atoms with van der Waals surface area (Å²) in [6.07, 6.45) is 4.45. The number of nitrogens with zero attached hydrogens (tertiary/aromatic N) is 4. The lowest BCUT2D eigenvalue weighted by atomic mass is 10.2. The molecule has 8 heteroatoms. The Hall–Kier alpha value is -3.00. The molecule has 8 nitrogen and oxygen atoms in total. The van der Waals surface area contributed by atoms with Crippen LogP contribution in [-0.4, -0.2) is 39.4 Å². The fraction of sp³-hybridized carbons (Fsp3) is 0.400. The molecule has 1 fully saturated rings. The van der Waals surface area contributed by atoms with Gasteiger partial charge in [-0.25, -0.2) is 9.97 Å². The Morgan fingerprint density at radius 3 is 2.89 bits per heavy atom. The first-order valence-corrected chi connectivity index (χ1v) is 9.40. The van der Waals surface area contributed by atoms with Crippen LogP contribution < -0.4 is 10.1 Å². The van der Waals surface area contributed by atoms with Crippen molar-refractivity contribution in [2.75, 3.05) is 18.5 Å². The molecule has 1 N–H and O–H groups in total. The Morgan fingerprint density at radius 1 is 1.21 bits per heavy atom. The summed E-state index contributed by atoms with van der Waals surface area (Å²) in [5.74, 6) is 2.75. The van der Waals surface area contributed by atoms with E-state index in [1.807, 2.05) is 38.1 Å². The number of aromatic nitrogens is 4. The van der Waals surface area contributed by atoms with Crippen LogP contribution in [0.3, 0.4) is 0 Å². The van der Waals surface area contributed by atoms with Crippen molar-refractivity contribution in [3.05, 3.63) is 48.0 Å². The standard InChI is InChI=1S/C20H23N5O3/c1-13(2)19-24-20(28-25-19)15-4-7-21-17(10-15)23-11-14-3-6-22-18(9-14)27-16-5-8-26-12-16/h3-4,6-7,9-10,13,16H,5,8,11-12H2,1-2H3,(H,21,23). The molecule has 0 saturated carbocycles. The smallest absolute Gasteiger partial charge is 0.258 e. The van der Waals surface area contributed by atoms with Gasteiger partial charge in [0.15, 0.2) is 5.82 Å². The molecule has 0 aliphatic carbocycles. The van der Waals surface area contributed by atoms with Gasteiger partial charge >= 0.3 is 0 Å². The van der Waals surface area contributed by atoms with Crippen molar-refractivity contribution < 1.29 is 14.0 Å². The minimum absolute atomic E-state index is 0.0826. The van der Waals surface area contributed by atoms with E-state index in [1.165, 1.54) is 0 Å². The van der Waals surface area contributed by atoms with E-state index >= 15 is 0 Å². The minimum Gasteiger partial charge on any atom is -0.472 e. The average molecular weight is 381 g/mol. The largest absolute Gasteiger partial charge is 0.472 e. The lowest BCUT2D eigenvalue weighted by Crippen LogP contribution is -2.16. The van der Waals surface area contributed by atoms with Crippen LogP contribution in [0.25, 0.3) is 11.5 Å². The molecule has 146 valence electrons. The number of anilines is 1. The van der Waals surface area contributed by atoms with E-state index in [4.69, 9.17) is 14.0 Å². The minimum atomic E-state index is 0.0826. The summed E-state index contributed by atoms with van der Waals surface area (Å²) in [5.41, 5.74) is 1.88. The molecule has 1 unspecified atom stereocenters. The molecule has 4 heterocycles. The van der Waals surface area contributed by atoms with Crippen molar-refractivity contribution in [1.82, 2.24) is 20.1 Å². The predicted octanol–water partition coefficient (Wildman–Crippen LogP) is 3.43. The molecule has 1 saturated heterocycles. The Kier molecular flexibility index (Phi) is 5.48. The van der Waals surface area contributed by atoms with Gasteiger partial charge in [-0.2, -0.15) is 4.98 Å². The molecule has 28 heavy (non-hydrogen) atoms. The van der Waals surface area contributed by atoms with E-state index in [9.17, 15) is 0 Å². The molecule has 0 aromatic carbocycles. The fourth-order valence-electron chi connectivity index (χ4n) is 2.84. The highest BCUT2D eigenvalue weighted by Crippen LogP contribution is 2.22. The third-order valence-corrected chi connectivity index (χ3v) is 4.41. The summed E-state index contributed by atoms with van der Waals surface area (Å²) in [6, 6.07) is 7.63. The molecule has 0 bridgehead atoms. The van der Waals surface area contributed by atoms with E-state index < -0.39 is 0 Å². The molecular weight excluding hydrogens is 358 g/mol. The summed E-state index contributed by atoms with van der Waals surface area (Å²) >= 11 is 0. The highest BCUT2D eigenvalue weighted by molar-refractivity contribution is 5.58. The topological polar surface area (TPSA) is 95.2 Å². The second-order valence-corrected chi connectivity index (χ2v) is 7.00. The maximum absolute atomic E-state index is 5.86. The first-order chi connectivity index (χ1) is 13.7. The molecule has 1 aliphatic heterocycles. The molecule has 1 aliphatic rings. The van der Waals surface area contributed by atoms with Gasteiger partial charge in [0.1, 0.15) is 11.9 Å². The van der Waals surface area contributed by atoms with Gasteiger partial charge in [-0.15, -0.1) is 0 Å². The number of hydrogen-bond donors (Lipinski definition) is 1. The summed E-state index contributed by atoms with van der Waals surface area (Å²) in [5, 5.41) is 7.32. The van der Waals surface area contributed by atoms with Gasteiger partial charge in [-0.3, -0.25) is 0 Å². The average Bonchev–Trinajstić information content (AvgIpc) is 3.39. The number of hydrogen-bond acceptors (Lipinski definition) is 8. The lowest BCUT2D eigenvalue weighted by molar-refractivity contribution is 0.138. The Balaban J connectivity index is 1.40. The molecule has 4 rings (SSSR count). The van der Waals surface area contributed by atoms with Gasteiger partial charge in [0, 0.05) is 42.9 Å². The van der Waals surface area contributed by atoms with Crippen molar-refractivity contribution in [3.63, 3.8) is 0 Å². The van der Waals surface area contributed by atoms with Crippen LogP contribution in [0.5, 0.6) is 5.88 Å². The molecule has 3 aromatic rings. The monoisotopic (exact) mass is 381 g/mol. The zero-order valence-corrected chi connectivity index (χ0v) is 16.0. The SMILES string of the molecule is CC(C)c1noc(-c2ccnc(NCc3ccnc(OC4CCOC4)c3)c2)n1. The Bertz CT molecular complexity index is 921. The first kappa shape index (κ1) is 18.4. The van der Waals surface area contributed by atoms with Gasteiger partial charge in [-0.1, -0.05) is 19.0 Å². The summed E-state index contributed by atoms with van der Waals surface area (Å²) < 4.78 is 16.6.